The monoisotopic (exact) mass is 654 g/mol. The van der Waals surface area contributed by atoms with Crippen molar-refractivity contribution in [3.05, 3.63) is 140 Å². The molecular weight excluding hydrogens is 628 g/mol. The Balaban J connectivity index is 1.41. The Labute approximate surface area is 257 Å². The van der Waals surface area contributed by atoms with Gasteiger partial charge in [-0.05, 0) is 0 Å². The molecule has 2 aromatic carbocycles. The minimum absolute atomic E-state index is 0.605. The Bertz CT molecular complexity index is 1520. The van der Waals surface area contributed by atoms with Gasteiger partial charge in [0, 0.05) is 0 Å². The molecule has 6 rings (SSSR count). The number of allylic oxidation sites excluding steroid dienone is 16. The summed E-state index contributed by atoms with van der Waals surface area (Å²) in [5.41, 5.74) is 0. The standard InChI is InChI=1S/2C12H10O2S.2C5H5.Zr/c2*13-9-5-1-2-6-10(9)14-11-7-3-4-8-12(11)15;2*1-2-4-5-3-1;/h2*1-7,13H,8H2;2*1-3H,4H2;/q;;;;+2/p-2. The van der Waals surface area contributed by atoms with Crippen molar-refractivity contribution in [2.24, 2.45) is 0 Å². The number of rotatable bonds is 10. The normalized spacial score (nSPS) is 17.7. The van der Waals surface area contributed by atoms with Crippen LogP contribution in [-0.4, -0.2) is 9.73 Å². The van der Waals surface area contributed by atoms with Crippen LogP contribution in [0.3, 0.4) is 0 Å². The molecule has 0 heterocycles. The van der Waals surface area contributed by atoms with E-state index in [1.165, 1.54) is 6.56 Å². The second-order valence-electron chi connectivity index (χ2n) is 9.74. The third-order valence-electron chi connectivity index (χ3n) is 6.96. The van der Waals surface area contributed by atoms with Gasteiger partial charge in [-0.25, -0.2) is 0 Å². The summed E-state index contributed by atoms with van der Waals surface area (Å²) in [6, 6.07) is 15.5. The van der Waals surface area contributed by atoms with Gasteiger partial charge in [-0.2, -0.15) is 0 Å². The van der Waals surface area contributed by atoms with Crippen molar-refractivity contribution >= 4 is 34.2 Å². The van der Waals surface area contributed by atoms with Crippen molar-refractivity contribution in [2.45, 2.75) is 25.7 Å². The first kappa shape index (κ1) is 27.8. The van der Waals surface area contributed by atoms with E-state index in [9.17, 15) is 0 Å². The first-order valence-corrected chi connectivity index (χ1v) is 18.8. The Hall–Kier alpha value is -3.38. The molecule has 0 bridgehead atoms. The molecule has 204 valence electrons. The van der Waals surface area contributed by atoms with Gasteiger partial charge >= 0.3 is 259 Å². The van der Waals surface area contributed by atoms with E-state index in [2.05, 4.69) is 36.5 Å². The molecule has 4 aliphatic rings. The van der Waals surface area contributed by atoms with Crippen LogP contribution >= 0.6 is 24.4 Å². The number of benzene rings is 2. The Morgan fingerprint density at radius 1 is 0.488 bits per heavy atom. The van der Waals surface area contributed by atoms with Crippen molar-refractivity contribution in [3.63, 3.8) is 0 Å². The molecule has 0 unspecified atom stereocenters. The van der Waals surface area contributed by atoms with Crippen LogP contribution in [-0.2, 0) is 21.1 Å². The fraction of sp³-hybridized carbons (Fsp3) is 0.118. The van der Waals surface area contributed by atoms with E-state index >= 15 is 0 Å². The molecule has 0 aliphatic heterocycles. The average Bonchev–Trinajstić information content (AvgIpc) is 3.73. The summed E-state index contributed by atoms with van der Waals surface area (Å²) in [5.74, 6) is 3.78. The summed E-state index contributed by atoms with van der Waals surface area (Å²) in [6.45, 7) is 0. The molecule has 0 fully saturated rings. The molecule has 0 saturated heterocycles. The van der Waals surface area contributed by atoms with Gasteiger partial charge in [0.2, 0.25) is 0 Å². The molecule has 4 aliphatic carbocycles. The van der Waals surface area contributed by atoms with Gasteiger partial charge in [-0.15, -0.1) is 0 Å². The van der Waals surface area contributed by atoms with E-state index in [0.717, 1.165) is 22.6 Å². The van der Waals surface area contributed by atoms with E-state index in [0.29, 0.717) is 47.4 Å². The van der Waals surface area contributed by atoms with Crippen LogP contribution in [0.4, 0.5) is 0 Å². The third kappa shape index (κ3) is 6.13. The molecule has 0 atom stereocenters. The van der Waals surface area contributed by atoms with Gasteiger partial charge in [0.05, 0.1) is 0 Å². The molecule has 0 saturated carbocycles. The van der Waals surface area contributed by atoms with Gasteiger partial charge in [-0.1, -0.05) is 0 Å². The number of hydrogen-bond acceptors (Lipinski definition) is 6. The predicted octanol–water partition coefficient (Wildman–Crippen LogP) is 9.00. The summed E-state index contributed by atoms with van der Waals surface area (Å²) in [4.78, 5) is 1.52. The molecule has 0 spiro atoms. The topological polar surface area (TPSA) is 36.9 Å². The van der Waals surface area contributed by atoms with Crippen LogP contribution in [0.15, 0.2) is 140 Å². The molecule has 2 aromatic rings. The van der Waals surface area contributed by atoms with Crippen molar-refractivity contribution in [1.82, 2.24) is 0 Å². The summed E-state index contributed by atoms with van der Waals surface area (Å²) in [6.07, 6.45) is 27.4. The van der Waals surface area contributed by atoms with Crippen LogP contribution in [0.5, 0.6) is 23.0 Å². The maximum atomic E-state index is 7.20. The minimum atomic E-state index is -4.39. The molecule has 0 N–H and O–H groups in total. The zero-order valence-electron chi connectivity index (χ0n) is 22.3. The first-order chi connectivity index (χ1) is 20.1. The van der Waals surface area contributed by atoms with Gasteiger partial charge in [0.25, 0.3) is 0 Å². The van der Waals surface area contributed by atoms with Gasteiger partial charge in [0.15, 0.2) is 0 Å². The van der Waals surface area contributed by atoms with E-state index in [1.807, 2.05) is 85.0 Å². The number of hydrogen-bond donors (Lipinski definition) is 0. The van der Waals surface area contributed by atoms with Crippen LogP contribution in [0.2, 0.25) is 0 Å². The molecule has 0 amide bonds. The quantitative estimate of drug-likeness (QED) is 0.238. The van der Waals surface area contributed by atoms with Crippen molar-refractivity contribution < 1.29 is 36.2 Å². The Morgan fingerprint density at radius 2 is 0.878 bits per heavy atom. The average molecular weight is 656 g/mol. The zero-order valence-corrected chi connectivity index (χ0v) is 26.4. The zero-order chi connectivity index (χ0) is 28.1. The Kier molecular flexibility index (Phi) is 8.57. The number of para-hydroxylation sites is 4. The molecule has 0 aromatic heterocycles. The van der Waals surface area contributed by atoms with Crippen LogP contribution in [0, 0.1) is 0 Å². The molecule has 0 radical (unpaired) electrons. The number of thiocarbonyl (C=S) groups is 2. The summed E-state index contributed by atoms with van der Waals surface area (Å²) < 4.78 is 29.4. The van der Waals surface area contributed by atoms with Crippen molar-refractivity contribution in [3.8, 4) is 23.0 Å². The van der Waals surface area contributed by atoms with Crippen molar-refractivity contribution in [1.29, 1.82) is 0 Å². The molecular formula is C34H28O4S2Zr. The number of ether oxygens (including phenoxy) is 2. The summed E-state index contributed by atoms with van der Waals surface area (Å²) in [7, 11) is 0. The third-order valence-corrected chi connectivity index (χ3v) is 16.2. The van der Waals surface area contributed by atoms with Crippen molar-refractivity contribution in [2.75, 3.05) is 0 Å². The van der Waals surface area contributed by atoms with Crippen LogP contribution in [0.1, 0.15) is 25.7 Å². The fourth-order valence-electron chi connectivity index (χ4n) is 4.89. The fourth-order valence-corrected chi connectivity index (χ4v) is 13.5. The van der Waals surface area contributed by atoms with Gasteiger partial charge in [-0.3, -0.25) is 0 Å². The molecule has 4 nitrogen and oxygen atoms in total. The van der Waals surface area contributed by atoms with Gasteiger partial charge < -0.3 is 0 Å². The second-order valence-corrected chi connectivity index (χ2v) is 17.9. The Morgan fingerprint density at radius 3 is 1.27 bits per heavy atom. The van der Waals surface area contributed by atoms with Gasteiger partial charge in [0.1, 0.15) is 0 Å². The van der Waals surface area contributed by atoms with E-state index in [4.69, 9.17) is 39.5 Å². The first-order valence-electron chi connectivity index (χ1n) is 13.6. The van der Waals surface area contributed by atoms with E-state index < -0.39 is 21.1 Å². The second kappa shape index (κ2) is 12.6. The predicted molar refractivity (Wildman–Crippen MR) is 168 cm³/mol. The maximum absolute atomic E-state index is 7.20. The van der Waals surface area contributed by atoms with Crippen LogP contribution in [0.25, 0.3) is 0 Å². The van der Waals surface area contributed by atoms with E-state index in [1.54, 1.807) is 0 Å². The molecule has 41 heavy (non-hydrogen) atoms. The summed E-state index contributed by atoms with van der Waals surface area (Å²) >= 11 is 6.74. The van der Waals surface area contributed by atoms with E-state index in [-0.39, 0.29) is 0 Å². The summed E-state index contributed by atoms with van der Waals surface area (Å²) in [5, 5.41) is 0. The van der Waals surface area contributed by atoms with Crippen LogP contribution < -0.4 is 15.1 Å². The molecule has 7 heteroatoms. The SMILES string of the molecule is S=C1CC=CC=C1Oc1ccccc1[O][Zr]([O]c1ccccc1OC1=CC=CCC1=S)([C]1=CC=CC1)[C]1=CC=CC1.